The molecular weight excluding hydrogens is 380 g/mol. The van der Waals surface area contributed by atoms with Crippen molar-refractivity contribution in [2.45, 2.75) is 31.2 Å². The predicted octanol–water partition coefficient (Wildman–Crippen LogP) is 2.71. The highest BCUT2D eigenvalue weighted by atomic mass is 19.4. The maximum atomic E-state index is 13.5. The average molecular weight is 392 g/mol. The van der Waals surface area contributed by atoms with E-state index in [9.17, 15) is 45.0 Å². The third-order valence-electron chi connectivity index (χ3n) is 4.19. The van der Waals surface area contributed by atoms with Crippen LogP contribution < -0.4 is 5.32 Å². The molecule has 1 aliphatic rings. The zero-order valence-corrected chi connectivity index (χ0v) is 13.0. The number of benzene rings is 1. The van der Waals surface area contributed by atoms with Crippen LogP contribution in [-0.2, 0) is 4.79 Å². The highest BCUT2D eigenvalue weighted by molar-refractivity contribution is 5.94. The standard InChI is InChI=1S/C14H12F8N2O2/c1-5(24-3-2-13(26,4-24)14(20,21)22)12(25)23-11-9(18)7(16)6(15)8(17)10(11)19/h5,26H,2-4H2,1H3,(H,23,25)/t5-,13+/m0/s1. The van der Waals surface area contributed by atoms with Gasteiger partial charge in [-0.05, 0) is 13.3 Å². The summed E-state index contributed by atoms with van der Waals surface area (Å²) in [6.07, 6.45) is -5.70. The van der Waals surface area contributed by atoms with Crippen molar-refractivity contribution in [1.29, 1.82) is 0 Å². The van der Waals surface area contributed by atoms with E-state index in [2.05, 4.69) is 0 Å². The van der Waals surface area contributed by atoms with Gasteiger partial charge < -0.3 is 10.4 Å². The van der Waals surface area contributed by atoms with Gasteiger partial charge in [-0.15, -0.1) is 0 Å². The van der Waals surface area contributed by atoms with E-state index in [0.29, 0.717) is 0 Å². The van der Waals surface area contributed by atoms with Crippen LogP contribution in [0.1, 0.15) is 13.3 Å². The smallest absolute Gasteiger partial charge is 0.379 e. The summed E-state index contributed by atoms with van der Waals surface area (Å²) in [5, 5.41) is 11.0. The van der Waals surface area contributed by atoms with Gasteiger partial charge in [-0.2, -0.15) is 13.2 Å². The van der Waals surface area contributed by atoms with E-state index >= 15 is 0 Å². The van der Waals surface area contributed by atoms with Gasteiger partial charge in [0.15, 0.2) is 28.9 Å². The number of hydrogen-bond acceptors (Lipinski definition) is 3. The molecule has 1 aromatic carbocycles. The van der Waals surface area contributed by atoms with E-state index in [1.807, 2.05) is 0 Å². The number of amides is 1. The van der Waals surface area contributed by atoms with Crippen molar-refractivity contribution in [3.05, 3.63) is 29.1 Å². The van der Waals surface area contributed by atoms with Crippen molar-refractivity contribution < 1.29 is 45.0 Å². The van der Waals surface area contributed by atoms with Crippen molar-refractivity contribution in [2.75, 3.05) is 18.4 Å². The van der Waals surface area contributed by atoms with Gasteiger partial charge in [-0.25, -0.2) is 22.0 Å². The lowest BCUT2D eigenvalue weighted by Crippen LogP contribution is -2.49. The third kappa shape index (κ3) is 3.34. The second-order valence-corrected chi connectivity index (χ2v) is 5.86. The van der Waals surface area contributed by atoms with Gasteiger partial charge >= 0.3 is 6.18 Å². The van der Waals surface area contributed by atoms with E-state index in [1.165, 1.54) is 5.32 Å². The third-order valence-corrected chi connectivity index (χ3v) is 4.19. The Kier molecular flexibility index (Phi) is 5.21. The van der Waals surface area contributed by atoms with Gasteiger partial charge in [0.05, 0.1) is 6.04 Å². The number of carbonyl (C=O) groups is 1. The zero-order valence-electron chi connectivity index (χ0n) is 13.0. The first-order valence-electron chi connectivity index (χ1n) is 7.15. The van der Waals surface area contributed by atoms with Crippen LogP contribution in [0.5, 0.6) is 0 Å². The molecule has 0 aliphatic carbocycles. The summed E-state index contributed by atoms with van der Waals surface area (Å²) in [4.78, 5) is 12.9. The number of alkyl halides is 3. The first-order chi connectivity index (χ1) is 11.8. The van der Waals surface area contributed by atoms with Crippen LogP contribution in [0.3, 0.4) is 0 Å². The van der Waals surface area contributed by atoms with Crippen LogP contribution in [0.15, 0.2) is 0 Å². The van der Waals surface area contributed by atoms with E-state index in [-0.39, 0.29) is 6.54 Å². The molecular formula is C14H12F8N2O2. The first-order valence-corrected chi connectivity index (χ1v) is 7.15. The Morgan fingerprint density at radius 3 is 1.96 bits per heavy atom. The summed E-state index contributed by atoms with van der Waals surface area (Å²) >= 11 is 0. The molecule has 1 aromatic rings. The van der Waals surface area contributed by atoms with Crippen LogP contribution in [-0.4, -0.2) is 46.8 Å². The molecule has 1 fully saturated rings. The van der Waals surface area contributed by atoms with Crippen LogP contribution in [0, 0.1) is 29.1 Å². The van der Waals surface area contributed by atoms with Crippen molar-refractivity contribution in [1.82, 2.24) is 4.90 Å². The fraction of sp³-hybridized carbons (Fsp3) is 0.500. The number of carbonyl (C=O) groups excluding carboxylic acids is 1. The summed E-state index contributed by atoms with van der Waals surface area (Å²) in [6.45, 7) is -0.298. The summed E-state index contributed by atoms with van der Waals surface area (Å²) < 4.78 is 105. The molecule has 146 valence electrons. The molecule has 12 heteroatoms. The fourth-order valence-electron chi connectivity index (χ4n) is 2.49. The number of nitrogens with one attached hydrogen (secondary N) is 1. The minimum atomic E-state index is -4.96. The molecule has 0 spiro atoms. The summed E-state index contributed by atoms with van der Waals surface area (Å²) in [6, 6.07) is -1.44. The highest BCUT2D eigenvalue weighted by Gasteiger charge is 2.57. The molecule has 2 N–H and O–H groups in total. The number of likely N-dealkylation sites (tertiary alicyclic amines) is 1. The van der Waals surface area contributed by atoms with Gasteiger partial charge in [0.1, 0.15) is 5.69 Å². The van der Waals surface area contributed by atoms with Crippen molar-refractivity contribution in [2.24, 2.45) is 0 Å². The number of hydrogen-bond donors (Lipinski definition) is 2. The Labute approximate surface area is 141 Å². The average Bonchev–Trinajstić information content (AvgIpc) is 2.97. The van der Waals surface area contributed by atoms with Gasteiger partial charge in [0, 0.05) is 13.1 Å². The Bertz CT molecular complexity index is 710. The summed E-state index contributed by atoms with van der Waals surface area (Å²) in [7, 11) is 0. The Balaban J connectivity index is 2.19. The molecule has 26 heavy (non-hydrogen) atoms. The van der Waals surface area contributed by atoms with E-state index < -0.39 is 71.5 Å². The summed E-state index contributed by atoms with van der Waals surface area (Å²) in [5.74, 6) is -12.8. The van der Waals surface area contributed by atoms with E-state index in [0.717, 1.165) is 11.8 Å². The van der Waals surface area contributed by atoms with Gasteiger partial charge in [0.25, 0.3) is 0 Å². The topological polar surface area (TPSA) is 52.6 Å². The van der Waals surface area contributed by atoms with Crippen LogP contribution >= 0.6 is 0 Å². The van der Waals surface area contributed by atoms with E-state index in [1.54, 1.807) is 0 Å². The molecule has 2 rings (SSSR count). The highest BCUT2D eigenvalue weighted by Crippen LogP contribution is 2.38. The number of rotatable bonds is 3. The SMILES string of the molecule is C[C@@H](C(=O)Nc1c(F)c(F)c(F)c(F)c1F)N1CC[C@](O)(C(F)(F)F)C1. The molecule has 0 radical (unpaired) electrons. The lowest BCUT2D eigenvalue weighted by atomic mass is 10.0. The minimum absolute atomic E-state index is 0.373. The molecule has 1 aliphatic heterocycles. The Morgan fingerprint density at radius 2 is 1.54 bits per heavy atom. The maximum absolute atomic E-state index is 13.5. The molecule has 0 aromatic heterocycles. The maximum Gasteiger partial charge on any atom is 0.418 e. The quantitative estimate of drug-likeness (QED) is 0.473. The normalized spacial score (nSPS) is 22.5. The van der Waals surface area contributed by atoms with Crippen LogP contribution in [0.4, 0.5) is 40.8 Å². The lowest BCUT2D eigenvalue weighted by Gasteiger charge is -2.28. The van der Waals surface area contributed by atoms with Gasteiger partial charge in [-0.1, -0.05) is 0 Å². The number of β-amino-alcohol motifs (C(OH)–C–C–N with tert-alkyl or cyclic N) is 1. The van der Waals surface area contributed by atoms with Crippen molar-refractivity contribution in [3.8, 4) is 0 Å². The van der Waals surface area contributed by atoms with E-state index in [4.69, 9.17) is 0 Å². The lowest BCUT2D eigenvalue weighted by molar-refractivity contribution is -0.254. The molecule has 1 amide bonds. The predicted molar refractivity (Wildman–Crippen MR) is 71.5 cm³/mol. The number of aliphatic hydroxyl groups is 1. The number of halogens is 8. The second kappa shape index (κ2) is 6.65. The fourth-order valence-corrected chi connectivity index (χ4v) is 2.49. The van der Waals surface area contributed by atoms with Gasteiger partial charge in [0.2, 0.25) is 11.7 Å². The molecule has 4 nitrogen and oxygen atoms in total. The zero-order chi connectivity index (χ0) is 20.0. The molecule has 0 unspecified atom stereocenters. The second-order valence-electron chi connectivity index (χ2n) is 5.86. The molecule has 1 heterocycles. The molecule has 1 saturated heterocycles. The number of nitrogens with zero attached hydrogens (tertiary/aromatic N) is 1. The monoisotopic (exact) mass is 392 g/mol. The molecule has 0 saturated carbocycles. The van der Waals surface area contributed by atoms with Crippen LogP contribution in [0.2, 0.25) is 0 Å². The Hall–Kier alpha value is -1.95. The van der Waals surface area contributed by atoms with Gasteiger partial charge in [-0.3, -0.25) is 9.69 Å². The largest absolute Gasteiger partial charge is 0.418 e. The molecule has 2 atom stereocenters. The minimum Gasteiger partial charge on any atom is -0.379 e. The number of anilines is 1. The van der Waals surface area contributed by atoms with Crippen molar-refractivity contribution >= 4 is 11.6 Å². The first kappa shape index (κ1) is 20.4. The molecule has 0 bridgehead atoms. The summed E-state index contributed by atoms with van der Waals surface area (Å²) in [5.41, 5.74) is -4.67. The van der Waals surface area contributed by atoms with Crippen molar-refractivity contribution in [3.63, 3.8) is 0 Å². The Morgan fingerprint density at radius 1 is 1.08 bits per heavy atom. The van der Waals surface area contributed by atoms with Crippen LogP contribution in [0.25, 0.3) is 0 Å².